The minimum absolute atomic E-state index is 0.0332. The Hall–Kier alpha value is -1.39. The second-order valence-electron chi connectivity index (χ2n) is 6.43. The second kappa shape index (κ2) is 5.43. The van der Waals surface area contributed by atoms with Gasteiger partial charge in [0.1, 0.15) is 11.7 Å². The van der Waals surface area contributed by atoms with Crippen LogP contribution in [-0.4, -0.2) is 47.9 Å². The summed E-state index contributed by atoms with van der Waals surface area (Å²) in [6.07, 6.45) is 1.99. The van der Waals surface area contributed by atoms with E-state index in [1.165, 1.54) is 11.1 Å². The zero-order valence-corrected chi connectivity index (χ0v) is 13.2. The lowest BCUT2D eigenvalue weighted by Crippen LogP contribution is -2.37. The largest absolute Gasteiger partial charge is 0.320 e. The third kappa shape index (κ3) is 2.70. The third-order valence-corrected chi connectivity index (χ3v) is 4.80. The molecule has 1 aliphatic heterocycles. The molecule has 21 heavy (non-hydrogen) atoms. The molecule has 1 unspecified atom stereocenters. The van der Waals surface area contributed by atoms with E-state index >= 15 is 0 Å². The zero-order valence-electron chi connectivity index (χ0n) is 13.2. The highest BCUT2D eigenvalue weighted by Crippen LogP contribution is 2.45. The first-order chi connectivity index (χ1) is 10.1. The van der Waals surface area contributed by atoms with Crippen molar-refractivity contribution < 1.29 is 4.79 Å². The van der Waals surface area contributed by atoms with Crippen molar-refractivity contribution in [3.05, 3.63) is 35.4 Å². The predicted molar refractivity (Wildman–Crippen MR) is 83.9 cm³/mol. The Labute approximate surface area is 127 Å². The normalized spacial score (nSPS) is 23.3. The first-order valence-corrected chi connectivity index (χ1v) is 7.89. The Morgan fingerprint density at radius 2 is 2.00 bits per heavy atom. The Morgan fingerprint density at radius 3 is 2.57 bits per heavy atom. The molecule has 1 aliphatic carbocycles. The van der Waals surface area contributed by atoms with E-state index in [0.717, 1.165) is 32.5 Å². The van der Waals surface area contributed by atoms with Crippen molar-refractivity contribution in [2.75, 3.05) is 26.7 Å². The van der Waals surface area contributed by atoms with Gasteiger partial charge < -0.3 is 9.80 Å². The van der Waals surface area contributed by atoms with Crippen molar-refractivity contribution in [2.45, 2.75) is 38.4 Å². The van der Waals surface area contributed by atoms with Gasteiger partial charge >= 0.3 is 0 Å². The van der Waals surface area contributed by atoms with E-state index in [1.807, 2.05) is 4.90 Å². The molecule has 1 atom stereocenters. The van der Waals surface area contributed by atoms with Gasteiger partial charge in [-0.15, -0.1) is 0 Å². The summed E-state index contributed by atoms with van der Waals surface area (Å²) in [7, 11) is 2.10. The number of aryl methyl sites for hydroxylation is 1. The second-order valence-corrected chi connectivity index (χ2v) is 6.43. The van der Waals surface area contributed by atoms with Crippen LogP contribution in [0.3, 0.4) is 0 Å². The molecule has 1 spiro atoms. The molecule has 0 aromatic heterocycles. The van der Waals surface area contributed by atoms with E-state index in [1.54, 1.807) is 0 Å². The van der Waals surface area contributed by atoms with Crippen LogP contribution < -0.4 is 5.32 Å². The summed E-state index contributed by atoms with van der Waals surface area (Å²) in [5.41, 5.74) is 2.19. The number of hydrogen-bond donors (Lipinski definition) is 1. The highest BCUT2D eigenvalue weighted by atomic mass is 16.2. The number of rotatable bonds is 5. The summed E-state index contributed by atoms with van der Waals surface area (Å²) in [6.45, 7) is 6.95. The maximum absolute atomic E-state index is 12.7. The van der Waals surface area contributed by atoms with Crippen molar-refractivity contribution in [1.29, 1.82) is 0 Å². The Balaban J connectivity index is 1.79. The number of hydrogen-bond acceptors (Lipinski definition) is 3. The molecule has 4 nitrogen and oxygen atoms in total. The Bertz CT molecular complexity index is 521. The van der Waals surface area contributed by atoms with Crippen LogP contribution >= 0.6 is 0 Å². The van der Waals surface area contributed by atoms with E-state index in [2.05, 4.69) is 55.4 Å². The maximum Gasteiger partial charge on any atom is 0.244 e. The van der Waals surface area contributed by atoms with Crippen LogP contribution in [0.1, 0.15) is 37.1 Å². The van der Waals surface area contributed by atoms with Gasteiger partial charge in [0, 0.05) is 13.1 Å². The highest BCUT2D eigenvalue weighted by Gasteiger charge is 2.59. The molecule has 1 amide bonds. The molecule has 1 heterocycles. The fourth-order valence-electron chi connectivity index (χ4n) is 2.96. The number of carbonyl (C=O) groups is 1. The summed E-state index contributed by atoms with van der Waals surface area (Å²) < 4.78 is 0. The number of benzene rings is 1. The van der Waals surface area contributed by atoms with Gasteiger partial charge in [0.15, 0.2) is 0 Å². The number of nitrogens with one attached hydrogen (secondary N) is 1. The number of likely N-dealkylation sites (N-methyl/N-ethyl adjacent to an activating group) is 1. The molecular formula is C17H25N3O. The van der Waals surface area contributed by atoms with Crippen molar-refractivity contribution >= 4 is 5.91 Å². The molecule has 0 bridgehead atoms. The zero-order chi connectivity index (χ0) is 15.0. The van der Waals surface area contributed by atoms with E-state index < -0.39 is 0 Å². The van der Waals surface area contributed by atoms with Gasteiger partial charge in [-0.1, -0.05) is 36.8 Å². The monoisotopic (exact) mass is 287 g/mol. The first-order valence-electron chi connectivity index (χ1n) is 7.89. The molecule has 1 aromatic carbocycles. The number of carbonyl (C=O) groups excluding carboxylic acids is 1. The molecule has 0 radical (unpaired) electrons. The quantitative estimate of drug-likeness (QED) is 0.898. The fraction of sp³-hybridized carbons (Fsp3) is 0.588. The van der Waals surface area contributed by atoms with Crippen LogP contribution in [-0.2, 0) is 4.79 Å². The fourth-order valence-corrected chi connectivity index (χ4v) is 2.96. The minimum Gasteiger partial charge on any atom is -0.320 e. The third-order valence-electron chi connectivity index (χ3n) is 4.80. The van der Waals surface area contributed by atoms with E-state index in [0.29, 0.717) is 0 Å². The van der Waals surface area contributed by atoms with Crippen LogP contribution in [0.2, 0.25) is 0 Å². The molecule has 2 aliphatic rings. The van der Waals surface area contributed by atoms with Crippen molar-refractivity contribution in [3.63, 3.8) is 0 Å². The molecule has 1 aromatic rings. The standard InChI is InChI=1S/C17H25N3O/c1-4-19(3)11-12-20-15(14-7-5-13(2)6-8-14)18-17(9-10-17)16(20)21/h5-8,15,18H,4,9-12H2,1-3H3. The van der Waals surface area contributed by atoms with Crippen LogP contribution in [0.4, 0.5) is 0 Å². The summed E-state index contributed by atoms with van der Waals surface area (Å²) in [5.74, 6) is 0.289. The van der Waals surface area contributed by atoms with Gasteiger partial charge in [0.05, 0.1) is 0 Å². The lowest BCUT2D eigenvalue weighted by molar-refractivity contribution is -0.131. The smallest absolute Gasteiger partial charge is 0.244 e. The van der Waals surface area contributed by atoms with Crippen LogP contribution in [0.5, 0.6) is 0 Å². The lowest BCUT2D eigenvalue weighted by Gasteiger charge is -2.26. The van der Waals surface area contributed by atoms with Crippen LogP contribution in [0.25, 0.3) is 0 Å². The average Bonchev–Trinajstić information content (AvgIpc) is 3.21. The topological polar surface area (TPSA) is 35.6 Å². The molecule has 1 N–H and O–H groups in total. The molecule has 3 rings (SSSR count). The molecule has 114 valence electrons. The first kappa shape index (κ1) is 14.5. The molecule has 1 saturated heterocycles. The SMILES string of the molecule is CCN(C)CCN1C(=O)C2(CC2)NC1c1ccc(C)cc1. The lowest BCUT2D eigenvalue weighted by atomic mass is 10.1. The van der Waals surface area contributed by atoms with Gasteiger partial charge in [0.25, 0.3) is 0 Å². The van der Waals surface area contributed by atoms with Crippen LogP contribution in [0.15, 0.2) is 24.3 Å². The molecule has 4 heteroatoms. The van der Waals surface area contributed by atoms with Crippen LogP contribution in [0, 0.1) is 6.92 Å². The number of amides is 1. The molecule has 1 saturated carbocycles. The number of nitrogens with zero attached hydrogens (tertiary/aromatic N) is 2. The molecule has 2 fully saturated rings. The average molecular weight is 287 g/mol. The van der Waals surface area contributed by atoms with Gasteiger partial charge in [-0.05, 0) is 38.9 Å². The maximum atomic E-state index is 12.7. The van der Waals surface area contributed by atoms with Crippen molar-refractivity contribution in [2.24, 2.45) is 0 Å². The summed E-state index contributed by atoms with van der Waals surface area (Å²) in [4.78, 5) is 17.0. The van der Waals surface area contributed by atoms with E-state index in [9.17, 15) is 4.79 Å². The summed E-state index contributed by atoms with van der Waals surface area (Å²) in [6, 6.07) is 8.52. The highest BCUT2D eigenvalue weighted by molar-refractivity contribution is 5.92. The van der Waals surface area contributed by atoms with Gasteiger partial charge in [-0.2, -0.15) is 0 Å². The minimum atomic E-state index is -0.250. The van der Waals surface area contributed by atoms with Gasteiger partial charge in [-0.3, -0.25) is 10.1 Å². The Kier molecular flexibility index (Phi) is 3.76. The predicted octanol–water partition coefficient (Wildman–Crippen LogP) is 1.91. The van der Waals surface area contributed by atoms with E-state index in [-0.39, 0.29) is 17.6 Å². The van der Waals surface area contributed by atoms with Crippen molar-refractivity contribution in [1.82, 2.24) is 15.1 Å². The van der Waals surface area contributed by atoms with Crippen molar-refractivity contribution in [3.8, 4) is 0 Å². The van der Waals surface area contributed by atoms with Gasteiger partial charge in [0.2, 0.25) is 5.91 Å². The summed E-state index contributed by atoms with van der Waals surface area (Å²) in [5, 5.41) is 3.58. The summed E-state index contributed by atoms with van der Waals surface area (Å²) >= 11 is 0. The van der Waals surface area contributed by atoms with E-state index in [4.69, 9.17) is 0 Å². The Morgan fingerprint density at radius 1 is 1.33 bits per heavy atom. The van der Waals surface area contributed by atoms with Gasteiger partial charge in [-0.25, -0.2) is 0 Å². The molecular weight excluding hydrogens is 262 g/mol.